The minimum absolute atomic E-state index is 0.0562. The molecule has 0 bridgehead atoms. The van der Waals surface area contributed by atoms with Crippen LogP contribution in [-0.4, -0.2) is 68.5 Å². The summed E-state index contributed by atoms with van der Waals surface area (Å²) in [5.41, 5.74) is 1.34. The highest BCUT2D eigenvalue weighted by Gasteiger charge is 2.34. The predicted octanol–water partition coefficient (Wildman–Crippen LogP) is 4.32. The van der Waals surface area contributed by atoms with Crippen molar-refractivity contribution in [3.05, 3.63) is 89.1 Å². The van der Waals surface area contributed by atoms with Gasteiger partial charge in [-0.05, 0) is 81.8 Å². The fraction of sp³-hybridized carbons (Fsp3) is 0.310. The normalized spacial score (nSPS) is 14.8. The number of likely N-dealkylation sites (tertiary alicyclic amines) is 1. The second-order valence-corrected chi connectivity index (χ2v) is 9.94. The monoisotopic (exact) mass is 547 g/mol. The number of halogens is 3. The first-order valence-corrected chi connectivity index (χ1v) is 12.8. The maximum atomic E-state index is 14.0. The highest BCUT2D eigenvalue weighted by atomic mass is 19.4. The Bertz CT molecular complexity index is 1580. The number of hydrogen-bond donors (Lipinski definition) is 1. The van der Waals surface area contributed by atoms with E-state index >= 15 is 0 Å². The van der Waals surface area contributed by atoms with Crippen molar-refractivity contribution in [1.82, 2.24) is 29.4 Å². The Morgan fingerprint density at radius 3 is 2.65 bits per heavy atom. The molecular weight excluding hydrogens is 519 g/mol. The van der Waals surface area contributed by atoms with Crippen molar-refractivity contribution in [2.45, 2.75) is 31.6 Å². The lowest BCUT2D eigenvalue weighted by molar-refractivity contribution is -0.138. The van der Waals surface area contributed by atoms with Crippen LogP contribution in [0.1, 0.15) is 45.6 Å². The third-order valence-corrected chi connectivity index (χ3v) is 6.97. The van der Waals surface area contributed by atoms with E-state index in [1.165, 1.54) is 30.6 Å². The minimum Gasteiger partial charge on any atom is -0.322 e. The van der Waals surface area contributed by atoms with Crippen LogP contribution in [0.5, 0.6) is 0 Å². The van der Waals surface area contributed by atoms with Gasteiger partial charge in [0.05, 0.1) is 17.3 Å². The Kier molecular flexibility index (Phi) is 7.82. The molecule has 1 aromatic carbocycles. The van der Waals surface area contributed by atoms with E-state index in [2.05, 4.69) is 37.1 Å². The molecule has 1 fully saturated rings. The van der Waals surface area contributed by atoms with Crippen molar-refractivity contribution < 1.29 is 18.0 Å². The summed E-state index contributed by atoms with van der Waals surface area (Å²) in [7, 11) is 4.05. The molecule has 0 saturated carbocycles. The standard InChI is InChI=1S/C29H28F3N7O/c1-37(2)24-9-12-38(13-10-24)19-21-6-7-23(15-26(21)29(30,31)32)36-28(40)22-14-20(16-33-17-22)5-8-25-18-34-27-4-3-11-35-39(25)27/h3-4,6-7,11,14-18,24H,9-10,12-13,19H2,1-2H3,(H,36,40). The van der Waals surface area contributed by atoms with E-state index in [1.807, 2.05) is 19.0 Å². The average Bonchev–Trinajstić information content (AvgIpc) is 3.36. The number of aromatic nitrogens is 4. The lowest BCUT2D eigenvalue weighted by Crippen LogP contribution is -2.41. The lowest BCUT2D eigenvalue weighted by Gasteiger charge is -2.35. The van der Waals surface area contributed by atoms with Gasteiger partial charge in [0.1, 0.15) is 5.69 Å². The molecule has 206 valence electrons. The number of hydrogen-bond acceptors (Lipinski definition) is 6. The Labute approximate surface area is 229 Å². The number of rotatable bonds is 5. The Hall–Kier alpha value is -4.27. The van der Waals surface area contributed by atoms with E-state index in [9.17, 15) is 18.0 Å². The summed E-state index contributed by atoms with van der Waals surface area (Å²) in [5, 5.41) is 6.78. The number of anilines is 1. The summed E-state index contributed by atoms with van der Waals surface area (Å²) >= 11 is 0. The van der Waals surface area contributed by atoms with Crippen LogP contribution in [-0.2, 0) is 12.7 Å². The fourth-order valence-corrected chi connectivity index (χ4v) is 4.78. The molecule has 1 amide bonds. The van der Waals surface area contributed by atoms with Crippen LogP contribution in [0.3, 0.4) is 0 Å². The first-order valence-electron chi connectivity index (χ1n) is 12.8. The number of imidazole rings is 1. The van der Waals surface area contributed by atoms with Crippen LogP contribution in [0.4, 0.5) is 18.9 Å². The van der Waals surface area contributed by atoms with Crippen LogP contribution < -0.4 is 5.32 Å². The van der Waals surface area contributed by atoms with Crippen molar-refractivity contribution >= 4 is 17.2 Å². The number of piperidine rings is 1. The molecule has 11 heteroatoms. The van der Waals surface area contributed by atoms with Crippen LogP contribution >= 0.6 is 0 Å². The first kappa shape index (κ1) is 27.3. The highest BCUT2D eigenvalue weighted by Crippen LogP contribution is 2.35. The smallest absolute Gasteiger partial charge is 0.322 e. The number of carbonyl (C=O) groups excluding carboxylic acids is 1. The number of benzene rings is 1. The quantitative estimate of drug-likeness (QED) is 0.375. The molecule has 0 unspecified atom stereocenters. The molecule has 5 rings (SSSR count). The van der Waals surface area contributed by atoms with Crippen LogP contribution in [0, 0.1) is 11.8 Å². The number of fused-ring (bicyclic) bond motifs is 1. The third-order valence-electron chi connectivity index (χ3n) is 6.97. The highest BCUT2D eigenvalue weighted by molar-refractivity contribution is 6.04. The number of nitrogens with zero attached hydrogens (tertiary/aromatic N) is 6. The summed E-state index contributed by atoms with van der Waals surface area (Å²) in [6.45, 7) is 1.67. The molecule has 0 atom stereocenters. The van der Waals surface area contributed by atoms with Gasteiger partial charge in [-0.2, -0.15) is 18.3 Å². The van der Waals surface area contributed by atoms with Crippen molar-refractivity contribution in [2.75, 3.05) is 32.5 Å². The molecule has 1 aliphatic heterocycles. The Balaban J connectivity index is 1.30. The number of pyridine rings is 1. The lowest BCUT2D eigenvalue weighted by atomic mass is 10.0. The molecule has 0 spiro atoms. The van der Waals surface area contributed by atoms with Crippen molar-refractivity contribution in [3.63, 3.8) is 0 Å². The van der Waals surface area contributed by atoms with Gasteiger partial charge in [0.15, 0.2) is 5.65 Å². The largest absolute Gasteiger partial charge is 0.416 e. The van der Waals surface area contributed by atoms with Crippen LogP contribution in [0.15, 0.2) is 61.2 Å². The molecule has 4 aromatic rings. The van der Waals surface area contributed by atoms with E-state index < -0.39 is 17.6 Å². The molecular formula is C29H28F3N7O. The summed E-state index contributed by atoms with van der Waals surface area (Å²) in [6, 6.07) is 9.49. The van der Waals surface area contributed by atoms with Crippen molar-refractivity contribution in [3.8, 4) is 11.8 Å². The number of amides is 1. The van der Waals surface area contributed by atoms with E-state index in [-0.39, 0.29) is 23.4 Å². The van der Waals surface area contributed by atoms with E-state index in [0.29, 0.717) is 22.9 Å². The van der Waals surface area contributed by atoms with Gasteiger partial charge in [-0.25, -0.2) is 9.50 Å². The molecule has 3 aromatic heterocycles. The molecule has 8 nitrogen and oxygen atoms in total. The first-order chi connectivity index (χ1) is 19.2. The van der Waals surface area contributed by atoms with Crippen molar-refractivity contribution in [2.24, 2.45) is 0 Å². The molecule has 40 heavy (non-hydrogen) atoms. The second-order valence-electron chi connectivity index (χ2n) is 9.94. The zero-order valence-corrected chi connectivity index (χ0v) is 22.1. The Morgan fingerprint density at radius 2 is 1.90 bits per heavy atom. The van der Waals surface area contributed by atoms with E-state index in [4.69, 9.17) is 0 Å². The van der Waals surface area contributed by atoms with Gasteiger partial charge in [-0.3, -0.25) is 14.7 Å². The fourth-order valence-electron chi connectivity index (χ4n) is 4.78. The third kappa shape index (κ3) is 6.30. The SMILES string of the molecule is CN(C)C1CCN(Cc2ccc(NC(=O)c3cncc(C#Cc4cnc5cccnn45)c3)cc2C(F)(F)F)CC1. The summed E-state index contributed by atoms with van der Waals surface area (Å²) < 4.78 is 43.6. The topological polar surface area (TPSA) is 78.7 Å². The molecule has 4 heterocycles. The summed E-state index contributed by atoms with van der Waals surface area (Å²) in [4.78, 5) is 25.4. The van der Waals surface area contributed by atoms with Crippen LogP contribution in [0.2, 0.25) is 0 Å². The zero-order valence-electron chi connectivity index (χ0n) is 22.1. The molecule has 1 aliphatic rings. The summed E-state index contributed by atoms with van der Waals surface area (Å²) in [5.74, 6) is 5.31. The average molecular weight is 548 g/mol. The summed E-state index contributed by atoms with van der Waals surface area (Å²) in [6.07, 6.45) is 3.32. The van der Waals surface area contributed by atoms with E-state index in [1.54, 1.807) is 29.0 Å². The van der Waals surface area contributed by atoms with Crippen LogP contribution in [0.25, 0.3) is 5.65 Å². The maximum Gasteiger partial charge on any atom is 0.416 e. The van der Waals surface area contributed by atoms with Gasteiger partial charge in [0, 0.05) is 42.4 Å². The van der Waals surface area contributed by atoms with Gasteiger partial charge < -0.3 is 10.2 Å². The van der Waals surface area contributed by atoms with Gasteiger partial charge in [0.25, 0.3) is 5.91 Å². The zero-order chi connectivity index (χ0) is 28.3. The van der Waals surface area contributed by atoms with Gasteiger partial charge in [0.2, 0.25) is 0 Å². The molecule has 1 N–H and O–H groups in total. The van der Waals surface area contributed by atoms with E-state index in [0.717, 1.165) is 32.0 Å². The maximum absolute atomic E-state index is 14.0. The van der Waals surface area contributed by atoms with Crippen molar-refractivity contribution in [1.29, 1.82) is 0 Å². The Morgan fingerprint density at radius 1 is 1.10 bits per heavy atom. The number of alkyl halides is 3. The minimum atomic E-state index is -4.55. The molecule has 0 aliphatic carbocycles. The van der Waals surface area contributed by atoms with Gasteiger partial charge >= 0.3 is 6.18 Å². The number of nitrogens with one attached hydrogen (secondary N) is 1. The van der Waals surface area contributed by atoms with Gasteiger partial charge in [-0.15, -0.1) is 0 Å². The molecule has 0 radical (unpaired) electrons. The number of carbonyl (C=O) groups is 1. The second kappa shape index (κ2) is 11.5. The van der Waals surface area contributed by atoms with Gasteiger partial charge in [-0.1, -0.05) is 12.0 Å². The predicted molar refractivity (Wildman–Crippen MR) is 145 cm³/mol. The molecule has 1 saturated heterocycles.